The van der Waals surface area contributed by atoms with Crippen molar-refractivity contribution in [1.29, 1.82) is 0 Å². The van der Waals surface area contributed by atoms with Gasteiger partial charge in [-0.05, 0) is 6.92 Å². The molecule has 0 saturated heterocycles. The second kappa shape index (κ2) is 4.89. The van der Waals surface area contributed by atoms with Crippen LogP contribution < -0.4 is 5.32 Å². The first-order chi connectivity index (χ1) is 8.53. The first-order valence-corrected chi connectivity index (χ1v) is 7.46. The highest BCUT2D eigenvalue weighted by atomic mass is 32.2. The number of hydrogen-bond donors (Lipinski definition) is 1. The zero-order valence-electron chi connectivity index (χ0n) is 10.3. The van der Waals surface area contributed by atoms with Crippen LogP contribution in [0.15, 0.2) is 12.4 Å². The summed E-state index contributed by atoms with van der Waals surface area (Å²) in [6.07, 6.45) is 3.39. The third kappa shape index (κ3) is 2.58. The molecule has 2 rings (SSSR count). The molecule has 0 aliphatic rings. The average molecular weight is 269 g/mol. The lowest BCUT2D eigenvalue weighted by Gasteiger charge is -2.06. The molecule has 0 spiro atoms. The van der Waals surface area contributed by atoms with Crippen molar-refractivity contribution >= 4 is 21.3 Å². The molecule has 0 unspecified atom stereocenters. The van der Waals surface area contributed by atoms with Crippen molar-refractivity contribution in [2.24, 2.45) is 0 Å². The fourth-order valence-electron chi connectivity index (χ4n) is 1.54. The Bertz CT molecular complexity index is 649. The van der Waals surface area contributed by atoms with Crippen LogP contribution >= 0.6 is 0 Å². The first kappa shape index (κ1) is 12.7. The number of fused-ring (bicyclic) bond motifs is 1. The van der Waals surface area contributed by atoms with Crippen LogP contribution in [0.4, 0.5) is 5.82 Å². The Morgan fingerprint density at radius 2 is 2.17 bits per heavy atom. The van der Waals surface area contributed by atoms with E-state index in [-0.39, 0.29) is 11.5 Å². The highest BCUT2D eigenvalue weighted by molar-refractivity contribution is 7.91. The maximum atomic E-state index is 11.4. The van der Waals surface area contributed by atoms with Gasteiger partial charge in [-0.25, -0.2) is 13.4 Å². The number of hydrogen-bond acceptors (Lipinski definition) is 6. The summed E-state index contributed by atoms with van der Waals surface area (Å²) in [7, 11) is -2.97. The van der Waals surface area contributed by atoms with Gasteiger partial charge < -0.3 is 5.32 Å². The molecule has 0 bridgehead atoms. The van der Waals surface area contributed by atoms with Crippen LogP contribution in [-0.4, -0.2) is 46.1 Å². The van der Waals surface area contributed by atoms with E-state index in [1.165, 1.54) is 0 Å². The number of rotatable bonds is 5. The molecular weight excluding hydrogens is 254 g/mol. The number of nitrogens with zero attached hydrogens (tertiary/aromatic N) is 4. The zero-order chi connectivity index (χ0) is 13.2. The Hall–Kier alpha value is -1.70. The van der Waals surface area contributed by atoms with Gasteiger partial charge in [0.1, 0.15) is 5.82 Å². The third-order valence-electron chi connectivity index (χ3n) is 2.64. The van der Waals surface area contributed by atoms with Gasteiger partial charge in [0.25, 0.3) is 0 Å². The van der Waals surface area contributed by atoms with Gasteiger partial charge in [-0.2, -0.15) is 0 Å². The van der Waals surface area contributed by atoms with Gasteiger partial charge in [-0.1, -0.05) is 6.92 Å². The van der Waals surface area contributed by atoms with Crippen LogP contribution in [-0.2, 0) is 9.84 Å². The summed E-state index contributed by atoms with van der Waals surface area (Å²) in [6, 6.07) is 0. The lowest BCUT2D eigenvalue weighted by molar-refractivity contribution is 0.597. The molecule has 0 radical (unpaired) electrons. The van der Waals surface area contributed by atoms with E-state index < -0.39 is 9.84 Å². The molecule has 2 heterocycles. The van der Waals surface area contributed by atoms with Gasteiger partial charge >= 0.3 is 0 Å². The molecule has 8 heteroatoms. The predicted octanol–water partition coefficient (Wildman–Crippen LogP) is 0.279. The number of nitrogens with one attached hydrogen (secondary N) is 1. The smallest absolute Gasteiger partial charge is 0.203 e. The zero-order valence-corrected chi connectivity index (χ0v) is 11.1. The van der Waals surface area contributed by atoms with Crippen molar-refractivity contribution in [2.45, 2.75) is 13.8 Å². The number of anilines is 1. The molecule has 0 atom stereocenters. The summed E-state index contributed by atoms with van der Waals surface area (Å²) in [6.45, 7) is 3.79. The van der Waals surface area contributed by atoms with Gasteiger partial charge in [0, 0.05) is 24.7 Å². The van der Waals surface area contributed by atoms with E-state index in [1.54, 1.807) is 23.7 Å². The van der Waals surface area contributed by atoms with Crippen molar-refractivity contribution < 1.29 is 8.42 Å². The topological polar surface area (TPSA) is 89.2 Å². The minimum Gasteiger partial charge on any atom is -0.366 e. The number of aromatic nitrogens is 4. The highest BCUT2D eigenvalue weighted by Crippen LogP contribution is 2.11. The van der Waals surface area contributed by atoms with E-state index in [0.29, 0.717) is 18.0 Å². The molecule has 0 aliphatic carbocycles. The molecule has 7 nitrogen and oxygen atoms in total. The summed E-state index contributed by atoms with van der Waals surface area (Å²) in [5.41, 5.74) is 0.601. The van der Waals surface area contributed by atoms with Crippen molar-refractivity contribution in [3.63, 3.8) is 0 Å². The fraction of sp³-hybridized carbons (Fsp3) is 0.500. The minimum absolute atomic E-state index is 0.0827. The van der Waals surface area contributed by atoms with Crippen LogP contribution in [0.2, 0.25) is 0 Å². The van der Waals surface area contributed by atoms with E-state index in [2.05, 4.69) is 20.5 Å². The SMILES string of the molecule is CCS(=O)(=O)CCNc1nccn2c(C)nnc12. The average Bonchev–Trinajstić information content (AvgIpc) is 2.72. The van der Waals surface area contributed by atoms with E-state index in [9.17, 15) is 8.42 Å². The molecule has 2 aromatic rings. The predicted molar refractivity (Wildman–Crippen MR) is 68.3 cm³/mol. The molecular formula is C10H15N5O2S. The first-order valence-electron chi connectivity index (χ1n) is 5.64. The van der Waals surface area contributed by atoms with E-state index in [4.69, 9.17) is 0 Å². The Morgan fingerprint density at radius 3 is 2.89 bits per heavy atom. The van der Waals surface area contributed by atoms with Crippen molar-refractivity contribution in [1.82, 2.24) is 19.6 Å². The molecule has 0 saturated carbocycles. The van der Waals surface area contributed by atoms with Gasteiger partial charge in [0.2, 0.25) is 5.65 Å². The second-order valence-electron chi connectivity index (χ2n) is 3.88. The summed E-state index contributed by atoms with van der Waals surface area (Å²) in [4.78, 5) is 4.14. The summed E-state index contributed by atoms with van der Waals surface area (Å²) < 4.78 is 24.5. The van der Waals surface area contributed by atoms with Crippen molar-refractivity contribution in [3.05, 3.63) is 18.2 Å². The Kier molecular flexibility index (Phi) is 3.46. The van der Waals surface area contributed by atoms with Crippen LogP contribution in [0.25, 0.3) is 5.65 Å². The lowest BCUT2D eigenvalue weighted by atomic mass is 10.5. The third-order valence-corrected chi connectivity index (χ3v) is 4.35. The fourth-order valence-corrected chi connectivity index (χ4v) is 2.24. The lowest BCUT2D eigenvalue weighted by Crippen LogP contribution is -2.18. The molecule has 1 N–H and O–H groups in total. The van der Waals surface area contributed by atoms with E-state index in [0.717, 1.165) is 5.82 Å². The summed E-state index contributed by atoms with van der Waals surface area (Å²) in [5.74, 6) is 1.54. The minimum atomic E-state index is -2.97. The van der Waals surface area contributed by atoms with Gasteiger partial charge in [0.15, 0.2) is 15.7 Å². The van der Waals surface area contributed by atoms with Gasteiger partial charge in [-0.15, -0.1) is 10.2 Å². The maximum Gasteiger partial charge on any atom is 0.203 e. The quantitative estimate of drug-likeness (QED) is 0.838. The van der Waals surface area contributed by atoms with Gasteiger partial charge in [0.05, 0.1) is 5.75 Å². The standard InChI is InChI=1S/C10H15N5O2S/c1-3-18(16,17)7-5-12-9-10-14-13-8(2)15(10)6-4-11-9/h4,6H,3,5,7H2,1-2H3,(H,11,12). The van der Waals surface area contributed by atoms with Crippen molar-refractivity contribution in [2.75, 3.05) is 23.4 Å². The number of aryl methyl sites for hydroxylation is 1. The van der Waals surface area contributed by atoms with Crippen LogP contribution in [0.1, 0.15) is 12.7 Å². The molecule has 0 aliphatic heterocycles. The van der Waals surface area contributed by atoms with E-state index in [1.807, 2.05) is 6.92 Å². The van der Waals surface area contributed by atoms with Crippen LogP contribution in [0.3, 0.4) is 0 Å². The summed E-state index contributed by atoms with van der Waals surface area (Å²) in [5, 5.41) is 10.9. The van der Waals surface area contributed by atoms with Gasteiger partial charge in [-0.3, -0.25) is 4.40 Å². The maximum absolute atomic E-state index is 11.4. The van der Waals surface area contributed by atoms with Crippen LogP contribution in [0.5, 0.6) is 0 Å². The largest absolute Gasteiger partial charge is 0.366 e. The molecule has 18 heavy (non-hydrogen) atoms. The molecule has 98 valence electrons. The molecule has 0 amide bonds. The Balaban J connectivity index is 2.13. The Labute approximate surface area is 105 Å². The van der Waals surface area contributed by atoms with Crippen LogP contribution in [0, 0.1) is 6.92 Å². The monoisotopic (exact) mass is 269 g/mol. The van der Waals surface area contributed by atoms with Crippen molar-refractivity contribution in [3.8, 4) is 0 Å². The second-order valence-corrected chi connectivity index (χ2v) is 6.35. The van der Waals surface area contributed by atoms with E-state index >= 15 is 0 Å². The summed E-state index contributed by atoms with van der Waals surface area (Å²) >= 11 is 0. The molecule has 0 aromatic carbocycles. The Morgan fingerprint density at radius 1 is 1.39 bits per heavy atom. The number of sulfone groups is 1. The molecule has 0 fully saturated rings. The normalized spacial score (nSPS) is 11.9. The highest BCUT2D eigenvalue weighted by Gasteiger charge is 2.10. The molecule has 2 aromatic heterocycles.